The highest BCUT2D eigenvalue weighted by atomic mass is 32.2. The van der Waals surface area contributed by atoms with Crippen LogP contribution in [0.3, 0.4) is 0 Å². The molecule has 2 rings (SSSR count). The zero-order valence-corrected chi connectivity index (χ0v) is 13.0. The fourth-order valence-electron chi connectivity index (χ4n) is 2.14. The van der Waals surface area contributed by atoms with Gasteiger partial charge in [-0.25, -0.2) is 0 Å². The van der Waals surface area contributed by atoms with Gasteiger partial charge in [0.25, 0.3) is 0 Å². The molecule has 0 aliphatic heterocycles. The van der Waals surface area contributed by atoms with Gasteiger partial charge in [-0.15, -0.1) is 11.8 Å². The van der Waals surface area contributed by atoms with Crippen molar-refractivity contribution in [3.05, 3.63) is 53.6 Å². The third-order valence-electron chi connectivity index (χ3n) is 3.15. The summed E-state index contributed by atoms with van der Waals surface area (Å²) in [5.74, 6) is 1.77. The summed E-state index contributed by atoms with van der Waals surface area (Å²) < 4.78 is 5.99. The van der Waals surface area contributed by atoms with Crippen LogP contribution >= 0.6 is 11.8 Å². The molecule has 20 heavy (non-hydrogen) atoms. The highest BCUT2D eigenvalue weighted by Gasteiger charge is 2.06. The number of thioether (sulfide) groups is 1. The molecule has 0 aliphatic rings. The molecule has 0 aliphatic carbocycles. The maximum atomic E-state index is 5.99. The smallest absolute Gasteiger partial charge is 0.140 e. The van der Waals surface area contributed by atoms with Crippen molar-refractivity contribution >= 4 is 11.8 Å². The summed E-state index contributed by atoms with van der Waals surface area (Å²) in [4.78, 5) is 1.14. The monoisotopic (exact) mass is 287 g/mol. The normalized spacial score (nSPS) is 12.2. The van der Waals surface area contributed by atoms with Gasteiger partial charge in [0, 0.05) is 10.9 Å². The van der Waals surface area contributed by atoms with Crippen LogP contribution in [-0.2, 0) is 6.42 Å². The first-order chi connectivity index (χ1) is 9.60. The Morgan fingerprint density at radius 3 is 2.60 bits per heavy atom. The second-order valence-corrected chi connectivity index (χ2v) is 5.87. The Balaban J connectivity index is 2.20. The van der Waals surface area contributed by atoms with Crippen LogP contribution in [0.2, 0.25) is 0 Å². The Hall–Kier alpha value is -1.45. The first-order valence-corrected chi connectivity index (χ1v) is 7.98. The number of rotatable bonds is 5. The molecule has 0 bridgehead atoms. The molecule has 0 spiro atoms. The molecule has 0 fully saturated rings. The van der Waals surface area contributed by atoms with Crippen molar-refractivity contribution in [3.63, 3.8) is 0 Å². The summed E-state index contributed by atoms with van der Waals surface area (Å²) in [6.45, 7) is 4.13. The molecule has 0 saturated heterocycles. The third kappa shape index (κ3) is 3.78. The van der Waals surface area contributed by atoms with Gasteiger partial charge in [-0.1, -0.05) is 18.2 Å². The number of para-hydroxylation sites is 1. The fourth-order valence-corrected chi connectivity index (χ4v) is 2.66. The van der Waals surface area contributed by atoms with Crippen molar-refractivity contribution in [2.24, 2.45) is 5.73 Å². The molecule has 0 aromatic heterocycles. The van der Waals surface area contributed by atoms with Gasteiger partial charge in [-0.2, -0.15) is 0 Å². The van der Waals surface area contributed by atoms with Crippen molar-refractivity contribution in [2.75, 3.05) is 6.26 Å². The van der Waals surface area contributed by atoms with Crippen molar-refractivity contribution < 1.29 is 4.74 Å². The van der Waals surface area contributed by atoms with Crippen LogP contribution < -0.4 is 10.5 Å². The fraction of sp³-hybridized carbons (Fsp3) is 0.294. The van der Waals surface area contributed by atoms with Crippen LogP contribution in [0.25, 0.3) is 0 Å². The second-order valence-electron chi connectivity index (χ2n) is 5.02. The summed E-state index contributed by atoms with van der Waals surface area (Å²) in [5, 5.41) is 0. The topological polar surface area (TPSA) is 35.2 Å². The Bertz CT molecular complexity index is 581. The van der Waals surface area contributed by atoms with Crippen molar-refractivity contribution in [3.8, 4) is 11.5 Å². The number of hydrogen-bond donors (Lipinski definition) is 1. The zero-order valence-electron chi connectivity index (χ0n) is 12.2. The minimum Gasteiger partial charge on any atom is -0.456 e. The van der Waals surface area contributed by atoms with E-state index in [1.54, 1.807) is 11.8 Å². The SMILES string of the molecule is CSc1ccccc1Oc1ccc(CC(C)N)c(C)c1. The Morgan fingerprint density at radius 2 is 1.95 bits per heavy atom. The summed E-state index contributed by atoms with van der Waals surface area (Å²) in [7, 11) is 0. The zero-order chi connectivity index (χ0) is 14.5. The summed E-state index contributed by atoms with van der Waals surface area (Å²) in [6, 6.07) is 14.5. The molecule has 1 unspecified atom stereocenters. The molecular formula is C17H21NOS. The number of benzene rings is 2. The first kappa shape index (κ1) is 14.9. The molecule has 0 saturated carbocycles. The van der Waals surface area contributed by atoms with Gasteiger partial charge in [-0.05, 0) is 61.9 Å². The number of hydrogen-bond acceptors (Lipinski definition) is 3. The summed E-state index contributed by atoms with van der Waals surface area (Å²) in [5.41, 5.74) is 8.37. The van der Waals surface area contributed by atoms with Crippen LogP contribution in [0, 0.1) is 6.92 Å². The van der Waals surface area contributed by atoms with E-state index in [4.69, 9.17) is 10.5 Å². The molecule has 2 aromatic carbocycles. The molecule has 106 valence electrons. The van der Waals surface area contributed by atoms with E-state index >= 15 is 0 Å². The maximum Gasteiger partial charge on any atom is 0.140 e. The van der Waals surface area contributed by atoms with Crippen molar-refractivity contribution in [2.45, 2.75) is 31.2 Å². The number of nitrogens with two attached hydrogens (primary N) is 1. The van der Waals surface area contributed by atoms with Gasteiger partial charge >= 0.3 is 0 Å². The van der Waals surface area contributed by atoms with Gasteiger partial charge in [0.1, 0.15) is 11.5 Å². The standard InChI is InChI=1S/C17H21NOS/c1-12-10-15(9-8-14(12)11-13(2)18)19-16-6-4-5-7-17(16)20-3/h4-10,13H,11,18H2,1-3H3. The summed E-state index contributed by atoms with van der Waals surface area (Å²) in [6.07, 6.45) is 2.95. The largest absolute Gasteiger partial charge is 0.456 e. The highest BCUT2D eigenvalue weighted by molar-refractivity contribution is 7.98. The van der Waals surface area contributed by atoms with Gasteiger partial charge in [0.05, 0.1) is 0 Å². The molecule has 2 nitrogen and oxygen atoms in total. The minimum atomic E-state index is 0.178. The average Bonchev–Trinajstić information content (AvgIpc) is 2.42. The van der Waals surface area contributed by atoms with Crippen LogP contribution in [-0.4, -0.2) is 12.3 Å². The molecule has 2 aromatic rings. The molecule has 3 heteroatoms. The lowest BCUT2D eigenvalue weighted by Gasteiger charge is -2.13. The molecule has 0 radical (unpaired) electrons. The lowest BCUT2D eigenvalue weighted by Crippen LogP contribution is -2.18. The lowest BCUT2D eigenvalue weighted by atomic mass is 10.0. The Kier molecular flexibility index (Phi) is 5.10. The van der Waals surface area contributed by atoms with E-state index in [-0.39, 0.29) is 6.04 Å². The van der Waals surface area contributed by atoms with Crippen LogP contribution in [0.1, 0.15) is 18.1 Å². The molecule has 0 amide bonds. The number of ether oxygens (including phenoxy) is 1. The minimum absolute atomic E-state index is 0.178. The van der Waals surface area contributed by atoms with Crippen molar-refractivity contribution in [1.29, 1.82) is 0 Å². The van der Waals surface area contributed by atoms with E-state index in [0.717, 1.165) is 22.8 Å². The van der Waals surface area contributed by atoms with E-state index in [2.05, 4.69) is 31.4 Å². The quantitative estimate of drug-likeness (QED) is 0.828. The molecular weight excluding hydrogens is 266 g/mol. The second kappa shape index (κ2) is 6.82. The van der Waals surface area contributed by atoms with Gasteiger partial charge in [0.15, 0.2) is 0 Å². The van der Waals surface area contributed by atoms with Gasteiger partial charge < -0.3 is 10.5 Å². The Morgan fingerprint density at radius 1 is 1.20 bits per heavy atom. The van der Waals surface area contributed by atoms with Crippen LogP contribution in [0.4, 0.5) is 0 Å². The van der Waals surface area contributed by atoms with E-state index in [1.807, 2.05) is 31.2 Å². The van der Waals surface area contributed by atoms with E-state index in [0.29, 0.717) is 0 Å². The van der Waals surface area contributed by atoms with E-state index in [9.17, 15) is 0 Å². The average molecular weight is 287 g/mol. The van der Waals surface area contributed by atoms with Crippen LogP contribution in [0.5, 0.6) is 11.5 Å². The highest BCUT2D eigenvalue weighted by Crippen LogP contribution is 2.31. The van der Waals surface area contributed by atoms with Gasteiger partial charge in [-0.3, -0.25) is 0 Å². The molecule has 1 atom stereocenters. The maximum absolute atomic E-state index is 5.99. The predicted octanol–water partition coefficient (Wildman–Crippen LogP) is 4.40. The predicted molar refractivity (Wildman–Crippen MR) is 86.8 cm³/mol. The summed E-state index contributed by atoms with van der Waals surface area (Å²) >= 11 is 1.69. The Labute approximate surface area is 125 Å². The van der Waals surface area contributed by atoms with E-state index in [1.165, 1.54) is 11.1 Å². The lowest BCUT2D eigenvalue weighted by molar-refractivity contribution is 0.470. The van der Waals surface area contributed by atoms with E-state index < -0.39 is 0 Å². The first-order valence-electron chi connectivity index (χ1n) is 6.76. The number of aryl methyl sites for hydroxylation is 1. The van der Waals surface area contributed by atoms with Gasteiger partial charge in [0.2, 0.25) is 0 Å². The third-order valence-corrected chi connectivity index (χ3v) is 3.93. The van der Waals surface area contributed by atoms with Crippen molar-refractivity contribution in [1.82, 2.24) is 0 Å². The molecule has 0 heterocycles. The molecule has 2 N–H and O–H groups in total. The van der Waals surface area contributed by atoms with Crippen LogP contribution in [0.15, 0.2) is 47.4 Å².